The van der Waals surface area contributed by atoms with Crippen molar-refractivity contribution in [1.82, 2.24) is 19.2 Å². The molecule has 4 rings (SSSR count). The van der Waals surface area contributed by atoms with E-state index in [1.165, 1.54) is 33.3 Å². The maximum atomic E-state index is 5.03. The van der Waals surface area contributed by atoms with E-state index in [2.05, 4.69) is 75.7 Å². The van der Waals surface area contributed by atoms with Gasteiger partial charge in [-0.25, -0.2) is 4.98 Å². The molecule has 28 heavy (non-hydrogen) atoms. The first-order valence-electron chi connectivity index (χ1n) is 10.1. The van der Waals surface area contributed by atoms with Gasteiger partial charge in [-0.05, 0) is 70.2 Å². The van der Waals surface area contributed by atoms with Gasteiger partial charge in [0, 0.05) is 17.6 Å². The Morgan fingerprint density at radius 2 is 1.61 bits per heavy atom. The number of nitrogens with zero attached hydrogens (tertiary/aromatic N) is 4. The number of fused-ring (bicyclic) bond motifs is 3. The summed E-state index contributed by atoms with van der Waals surface area (Å²) in [6.07, 6.45) is 1.84. The molecule has 3 heterocycles. The van der Waals surface area contributed by atoms with Crippen molar-refractivity contribution in [2.75, 3.05) is 0 Å². The van der Waals surface area contributed by atoms with Crippen molar-refractivity contribution in [3.8, 4) is 11.1 Å². The lowest BCUT2D eigenvalue weighted by Crippen LogP contribution is -2.06. The summed E-state index contributed by atoms with van der Waals surface area (Å²) in [5.41, 5.74) is 11.7. The van der Waals surface area contributed by atoms with Crippen LogP contribution in [0.25, 0.3) is 27.8 Å². The maximum Gasteiger partial charge on any atom is 0.165 e. The summed E-state index contributed by atoms with van der Waals surface area (Å²) in [4.78, 5) is 5.03. The van der Waals surface area contributed by atoms with Crippen LogP contribution >= 0.6 is 0 Å². The summed E-state index contributed by atoms with van der Waals surface area (Å²) in [5.74, 6) is 0. The van der Waals surface area contributed by atoms with E-state index in [4.69, 9.17) is 10.1 Å². The van der Waals surface area contributed by atoms with Crippen molar-refractivity contribution in [1.29, 1.82) is 0 Å². The number of aryl methyl sites for hydroxylation is 7. The van der Waals surface area contributed by atoms with Gasteiger partial charge in [-0.1, -0.05) is 31.5 Å². The Morgan fingerprint density at radius 3 is 2.21 bits per heavy atom. The van der Waals surface area contributed by atoms with E-state index in [0.717, 1.165) is 47.6 Å². The zero-order valence-corrected chi connectivity index (χ0v) is 17.8. The molecule has 0 fully saturated rings. The smallest absolute Gasteiger partial charge is 0.165 e. The summed E-state index contributed by atoms with van der Waals surface area (Å²) in [7, 11) is 0. The number of aromatic nitrogens is 4. The average Bonchev–Trinajstić information content (AvgIpc) is 3.14. The lowest BCUT2D eigenvalue weighted by molar-refractivity contribution is 0.682. The van der Waals surface area contributed by atoms with Gasteiger partial charge in [-0.15, -0.1) is 0 Å². The van der Waals surface area contributed by atoms with Crippen molar-refractivity contribution in [3.05, 3.63) is 58.9 Å². The standard InChI is InChI=1S/C24H29N4/c1-8-10-27-19(9-2)13-20-17(6)25-23-22(18(7)26-28(23)24(20)27)21-15(4)11-14(3)12-16(21)5/h11-13H,1,8-10H2,2-7H3. The molecule has 4 nitrogen and oxygen atoms in total. The number of benzene rings is 1. The van der Waals surface area contributed by atoms with Crippen molar-refractivity contribution < 1.29 is 0 Å². The third-order valence-corrected chi connectivity index (χ3v) is 5.73. The van der Waals surface area contributed by atoms with E-state index in [0.29, 0.717) is 0 Å². The summed E-state index contributed by atoms with van der Waals surface area (Å²) in [5, 5.41) is 6.15. The summed E-state index contributed by atoms with van der Waals surface area (Å²) in [6, 6.07) is 6.76. The van der Waals surface area contributed by atoms with Crippen molar-refractivity contribution in [3.63, 3.8) is 0 Å². The number of rotatable bonds is 4. The van der Waals surface area contributed by atoms with Crippen LogP contribution in [0.1, 0.15) is 47.1 Å². The highest BCUT2D eigenvalue weighted by Gasteiger charge is 2.22. The minimum absolute atomic E-state index is 0.850. The fourth-order valence-electron chi connectivity index (χ4n) is 4.64. The lowest BCUT2D eigenvalue weighted by atomic mass is 9.94. The Balaban J connectivity index is 2.15. The molecule has 4 heteroatoms. The van der Waals surface area contributed by atoms with E-state index >= 15 is 0 Å². The Bertz CT molecular complexity index is 1180. The molecule has 0 bridgehead atoms. The van der Waals surface area contributed by atoms with Gasteiger partial charge in [-0.2, -0.15) is 9.61 Å². The second-order valence-corrected chi connectivity index (χ2v) is 7.90. The van der Waals surface area contributed by atoms with Gasteiger partial charge < -0.3 is 4.57 Å². The van der Waals surface area contributed by atoms with Gasteiger partial charge >= 0.3 is 0 Å². The monoisotopic (exact) mass is 373 g/mol. The summed E-state index contributed by atoms with van der Waals surface area (Å²) >= 11 is 0. The first-order valence-corrected chi connectivity index (χ1v) is 10.1. The molecule has 145 valence electrons. The van der Waals surface area contributed by atoms with Crippen LogP contribution in [0.5, 0.6) is 0 Å². The Labute approximate surface area is 167 Å². The van der Waals surface area contributed by atoms with Gasteiger partial charge in [0.25, 0.3) is 0 Å². The highest BCUT2D eigenvalue weighted by Crippen LogP contribution is 2.35. The molecule has 3 aromatic heterocycles. The fourth-order valence-corrected chi connectivity index (χ4v) is 4.64. The third-order valence-electron chi connectivity index (χ3n) is 5.73. The normalized spacial score (nSPS) is 11.8. The molecule has 1 radical (unpaired) electrons. The molecule has 0 unspecified atom stereocenters. The second kappa shape index (κ2) is 6.77. The topological polar surface area (TPSA) is 35.1 Å². The number of hydrogen-bond donors (Lipinski definition) is 0. The highest BCUT2D eigenvalue weighted by atomic mass is 15.3. The number of hydrogen-bond acceptors (Lipinski definition) is 2. The third kappa shape index (κ3) is 2.66. The van der Waals surface area contributed by atoms with Crippen LogP contribution in [0.15, 0.2) is 18.2 Å². The van der Waals surface area contributed by atoms with Crippen LogP contribution in [0, 0.1) is 41.5 Å². The molecule has 0 aliphatic heterocycles. The largest absolute Gasteiger partial charge is 0.329 e. The van der Waals surface area contributed by atoms with Gasteiger partial charge in [0.05, 0.1) is 17.0 Å². The molecule has 0 spiro atoms. The van der Waals surface area contributed by atoms with Gasteiger partial charge in [0.2, 0.25) is 0 Å². The van der Waals surface area contributed by atoms with Crippen LogP contribution in [-0.2, 0) is 13.0 Å². The Kier molecular flexibility index (Phi) is 4.53. The fraction of sp³-hybridized carbons (Fsp3) is 0.375. The SMILES string of the molecule is [CH2]CCn1c(CC)cc2c(C)nc3c(-c4c(C)cc(C)cc4C)c(C)nn3c21. The molecular weight excluding hydrogens is 344 g/mol. The summed E-state index contributed by atoms with van der Waals surface area (Å²) in [6.45, 7) is 17.9. The van der Waals surface area contributed by atoms with E-state index in [-0.39, 0.29) is 0 Å². The van der Waals surface area contributed by atoms with E-state index in [1.54, 1.807) is 0 Å². The Morgan fingerprint density at radius 1 is 0.929 bits per heavy atom. The second-order valence-electron chi connectivity index (χ2n) is 7.90. The van der Waals surface area contributed by atoms with Crippen LogP contribution in [0.2, 0.25) is 0 Å². The molecule has 4 aromatic rings. The van der Waals surface area contributed by atoms with Crippen molar-refractivity contribution in [2.24, 2.45) is 0 Å². The highest BCUT2D eigenvalue weighted by molar-refractivity contribution is 5.90. The molecule has 0 N–H and O–H groups in total. The zero-order chi connectivity index (χ0) is 20.2. The van der Waals surface area contributed by atoms with Crippen molar-refractivity contribution in [2.45, 2.75) is 60.9 Å². The molecule has 0 saturated heterocycles. The Hall–Kier alpha value is -2.62. The molecule has 0 saturated carbocycles. The van der Waals surface area contributed by atoms with Gasteiger partial charge in [0.1, 0.15) is 5.65 Å². The molecular formula is C24H29N4. The lowest BCUT2D eigenvalue weighted by Gasteiger charge is -2.12. The van der Waals surface area contributed by atoms with Crippen LogP contribution in [-0.4, -0.2) is 19.2 Å². The van der Waals surface area contributed by atoms with E-state index in [1.807, 2.05) is 0 Å². The van der Waals surface area contributed by atoms with Crippen LogP contribution in [0.3, 0.4) is 0 Å². The van der Waals surface area contributed by atoms with E-state index in [9.17, 15) is 0 Å². The minimum atomic E-state index is 0.850. The molecule has 0 amide bonds. The maximum absolute atomic E-state index is 5.03. The van der Waals surface area contributed by atoms with Gasteiger partial charge in [-0.3, -0.25) is 0 Å². The quantitative estimate of drug-likeness (QED) is 0.461. The predicted molar refractivity (Wildman–Crippen MR) is 117 cm³/mol. The van der Waals surface area contributed by atoms with Crippen molar-refractivity contribution >= 4 is 16.7 Å². The average molecular weight is 374 g/mol. The molecule has 0 aliphatic rings. The predicted octanol–water partition coefficient (Wildman–Crippen LogP) is 5.68. The summed E-state index contributed by atoms with van der Waals surface area (Å²) < 4.78 is 4.43. The molecule has 0 aliphatic carbocycles. The molecule has 0 atom stereocenters. The van der Waals surface area contributed by atoms with E-state index < -0.39 is 0 Å². The van der Waals surface area contributed by atoms with Crippen LogP contribution in [0.4, 0.5) is 0 Å². The zero-order valence-electron chi connectivity index (χ0n) is 17.8. The first-order chi connectivity index (χ1) is 13.4. The van der Waals surface area contributed by atoms with Crippen LogP contribution < -0.4 is 0 Å². The minimum Gasteiger partial charge on any atom is -0.329 e. The first kappa shape index (κ1) is 18.7. The van der Waals surface area contributed by atoms with Gasteiger partial charge in [0.15, 0.2) is 5.65 Å². The molecule has 1 aromatic carbocycles.